The Hall–Kier alpha value is -0.920. The number of carbonyl (C=O) groups is 2. The number of hydrogen-bond acceptors (Lipinski definition) is 2. The van der Waals surface area contributed by atoms with Crippen molar-refractivity contribution in [2.75, 3.05) is 0 Å². The minimum absolute atomic E-state index is 0.0132. The Labute approximate surface area is 91.7 Å². The van der Waals surface area contributed by atoms with Gasteiger partial charge in [-0.3, -0.25) is 9.59 Å². The van der Waals surface area contributed by atoms with Crippen molar-refractivity contribution in [3.05, 3.63) is 12.2 Å². The van der Waals surface area contributed by atoms with Crippen molar-refractivity contribution in [3.63, 3.8) is 0 Å². The maximum Gasteiger partial charge on any atom is 0.152 e. The van der Waals surface area contributed by atoms with E-state index in [1.54, 1.807) is 13.0 Å². The van der Waals surface area contributed by atoms with E-state index in [2.05, 4.69) is 20.8 Å². The van der Waals surface area contributed by atoms with Crippen LogP contribution >= 0.6 is 0 Å². The molecule has 0 bridgehead atoms. The molecule has 0 aromatic carbocycles. The fraction of sp³-hybridized carbons (Fsp3) is 0.692. The molecule has 2 heteroatoms. The van der Waals surface area contributed by atoms with Crippen LogP contribution in [0, 0.1) is 17.3 Å². The lowest BCUT2D eigenvalue weighted by atomic mass is 9.63. The second-order valence-electron chi connectivity index (χ2n) is 5.38. The van der Waals surface area contributed by atoms with Crippen LogP contribution in [0.1, 0.15) is 40.5 Å². The summed E-state index contributed by atoms with van der Waals surface area (Å²) in [5.74, 6) is 1.10. The molecular weight excluding hydrogens is 188 g/mol. The second kappa shape index (κ2) is 4.30. The zero-order chi connectivity index (χ0) is 11.6. The fourth-order valence-electron chi connectivity index (χ4n) is 2.64. The summed E-state index contributed by atoms with van der Waals surface area (Å²) in [6.07, 6.45) is 4.90. The lowest BCUT2D eigenvalue weighted by Crippen LogP contribution is -2.36. The first kappa shape index (κ1) is 12.2. The van der Waals surface area contributed by atoms with Crippen molar-refractivity contribution < 1.29 is 9.59 Å². The number of allylic oxidation sites excluding steroid dienone is 2. The molecule has 1 aliphatic carbocycles. The van der Waals surface area contributed by atoms with Gasteiger partial charge in [-0.25, -0.2) is 0 Å². The highest BCUT2D eigenvalue weighted by Gasteiger charge is 2.38. The van der Waals surface area contributed by atoms with Crippen LogP contribution in [0.15, 0.2) is 12.2 Å². The highest BCUT2D eigenvalue weighted by molar-refractivity contribution is 5.87. The number of ketones is 2. The molecule has 84 valence electrons. The highest BCUT2D eigenvalue weighted by atomic mass is 16.1. The van der Waals surface area contributed by atoms with Gasteiger partial charge >= 0.3 is 0 Å². The molecule has 15 heavy (non-hydrogen) atoms. The van der Waals surface area contributed by atoms with E-state index >= 15 is 0 Å². The van der Waals surface area contributed by atoms with Gasteiger partial charge in [-0.2, -0.15) is 0 Å². The van der Waals surface area contributed by atoms with Crippen LogP contribution in [0.4, 0.5) is 0 Å². The molecule has 2 nitrogen and oxygen atoms in total. The summed E-state index contributed by atoms with van der Waals surface area (Å²) in [6, 6.07) is 0. The number of Topliss-reactive ketones (excluding diaryl/α,β-unsaturated/α-hetero) is 1. The average molecular weight is 208 g/mol. The van der Waals surface area contributed by atoms with E-state index in [4.69, 9.17) is 0 Å². The summed E-state index contributed by atoms with van der Waals surface area (Å²) in [5, 5.41) is 0. The Bertz CT molecular complexity index is 300. The largest absolute Gasteiger partial charge is 0.300 e. The van der Waals surface area contributed by atoms with E-state index in [0.717, 1.165) is 0 Å². The number of rotatable bonds is 2. The quantitative estimate of drug-likeness (QED) is 0.654. The predicted molar refractivity (Wildman–Crippen MR) is 60.5 cm³/mol. The van der Waals surface area contributed by atoms with Crippen molar-refractivity contribution >= 4 is 11.6 Å². The summed E-state index contributed by atoms with van der Waals surface area (Å²) in [6.45, 7) is 7.86. The monoisotopic (exact) mass is 208 g/mol. The Morgan fingerprint density at radius 2 is 2.07 bits per heavy atom. The van der Waals surface area contributed by atoms with Crippen LogP contribution in [0.3, 0.4) is 0 Å². The lowest BCUT2D eigenvalue weighted by Gasteiger charge is -2.40. The maximum atomic E-state index is 11.5. The summed E-state index contributed by atoms with van der Waals surface area (Å²) in [4.78, 5) is 22.4. The van der Waals surface area contributed by atoms with Crippen LogP contribution in [0.5, 0.6) is 0 Å². The SMILES string of the molecule is CC(=O)C=CC1C(C)CC(=O)CC1(C)C. The topological polar surface area (TPSA) is 34.1 Å². The van der Waals surface area contributed by atoms with Crippen LogP contribution < -0.4 is 0 Å². The lowest BCUT2D eigenvalue weighted by molar-refractivity contribution is -0.126. The smallest absolute Gasteiger partial charge is 0.152 e. The molecule has 1 fully saturated rings. The summed E-state index contributed by atoms with van der Waals surface area (Å²) < 4.78 is 0. The Balaban J connectivity index is 2.84. The molecule has 1 rings (SSSR count). The van der Waals surface area contributed by atoms with Gasteiger partial charge in [-0.15, -0.1) is 0 Å². The van der Waals surface area contributed by atoms with Crippen LogP contribution in [0.2, 0.25) is 0 Å². The van der Waals surface area contributed by atoms with Gasteiger partial charge in [0.05, 0.1) is 0 Å². The van der Waals surface area contributed by atoms with Crippen molar-refractivity contribution in [1.82, 2.24) is 0 Å². The van der Waals surface area contributed by atoms with E-state index < -0.39 is 0 Å². The summed E-state index contributed by atoms with van der Waals surface area (Å²) in [5.41, 5.74) is -0.0132. The molecule has 0 heterocycles. The molecular formula is C13H20O2. The van der Waals surface area contributed by atoms with Gasteiger partial charge in [-0.1, -0.05) is 26.8 Å². The van der Waals surface area contributed by atoms with Gasteiger partial charge in [0.1, 0.15) is 5.78 Å². The molecule has 0 spiro atoms. The number of hydrogen-bond donors (Lipinski definition) is 0. The molecule has 1 aliphatic rings. The fourth-order valence-corrected chi connectivity index (χ4v) is 2.64. The van der Waals surface area contributed by atoms with Crippen molar-refractivity contribution in [2.45, 2.75) is 40.5 Å². The van der Waals surface area contributed by atoms with Crippen molar-refractivity contribution in [2.24, 2.45) is 17.3 Å². The zero-order valence-electron chi connectivity index (χ0n) is 10.0. The first-order valence-corrected chi connectivity index (χ1v) is 5.53. The summed E-state index contributed by atoms with van der Waals surface area (Å²) in [7, 11) is 0. The molecule has 2 atom stereocenters. The molecule has 2 unspecified atom stereocenters. The van der Waals surface area contributed by atoms with Crippen LogP contribution in [-0.2, 0) is 9.59 Å². The molecule has 0 aliphatic heterocycles. The molecule has 0 radical (unpaired) electrons. The maximum absolute atomic E-state index is 11.5. The van der Waals surface area contributed by atoms with E-state index in [9.17, 15) is 9.59 Å². The van der Waals surface area contributed by atoms with Gasteiger partial charge in [0, 0.05) is 12.8 Å². The van der Waals surface area contributed by atoms with Crippen LogP contribution in [-0.4, -0.2) is 11.6 Å². The molecule has 1 saturated carbocycles. The highest BCUT2D eigenvalue weighted by Crippen LogP contribution is 2.43. The van der Waals surface area contributed by atoms with E-state index in [0.29, 0.717) is 30.5 Å². The molecule has 0 amide bonds. The molecule has 0 aromatic heterocycles. The van der Waals surface area contributed by atoms with E-state index in [1.807, 2.05) is 6.08 Å². The minimum atomic E-state index is -0.0132. The minimum Gasteiger partial charge on any atom is -0.300 e. The average Bonchev–Trinajstić information content (AvgIpc) is 1.98. The normalized spacial score (nSPS) is 30.8. The third-order valence-corrected chi connectivity index (χ3v) is 3.26. The third-order valence-electron chi connectivity index (χ3n) is 3.26. The van der Waals surface area contributed by atoms with Gasteiger partial charge < -0.3 is 0 Å². The van der Waals surface area contributed by atoms with Crippen molar-refractivity contribution in [3.8, 4) is 0 Å². The van der Waals surface area contributed by atoms with Gasteiger partial charge in [-0.05, 0) is 30.3 Å². The zero-order valence-corrected chi connectivity index (χ0v) is 10.0. The predicted octanol–water partition coefficient (Wildman–Crippen LogP) is 2.77. The first-order chi connectivity index (χ1) is 6.83. The Morgan fingerprint density at radius 3 is 2.53 bits per heavy atom. The Morgan fingerprint density at radius 1 is 1.47 bits per heavy atom. The second-order valence-corrected chi connectivity index (χ2v) is 5.38. The number of carbonyl (C=O) groups excluding carboxylic acids is 2. The first-order valence-electron chi connectivity index (χ1n) is 5.53. The molecule has 0 N–H and O–H groups in total. The van der Waals surface area contributed by atoms with E-state index in [1.165, 1.54) is 0 Å². The standard InChI is InChI=1S/C13H20O2/c1-9-7-11(15)8-13(3,4)12(9)6-5-10(2)14/h5-6,9,12H,7-8H2,1-4H3. The van der Waals surface area contributed by atoms with Gasteiger partial charge in [0.2, 0.25) is 0 Å². The van der Waals surface area contributed by atoms with E-state index in [-0.39, 0.29) is 11.2 Å². The van der Waals surface area contributed by atoms with Gasteiger partial charge in [0.25, 0.3) is 0 Å². The molecule has 0 aromatic rings. The van der Waals surface area contributed by atoms with Gasteiger partial charge in [0.15, 0.2) is 5.78 Å². The Kier molecular flexibility index (Phi) is 3.48. The summed E-state index contributed by atoms with van der Waals surface area (Å²) >= 11 is 0. The van der Waals surface area contributed by atoms with Crippen molar-refractivity contribution in [1.29, 1.82) is 0 Å². The molecule has 0 saturated heterocycles. The third kappa shape index (κ3) is 3.01. The van der Waals surface area contributed by atoms with Crippen LogP contribution in [0.25, 0.3) is 0 Å².